The number of ether oxygens (including phenoxy) is 2. The minimum Gasteiger partial charge on any atom is -0.497 e. The summed E-state index contributed by atoms with van der Waals surface area (Å²) < 4.78 is 11.1. The monoisotopic (exact) mass is 418 g/mol. The van der Waals surface area contributed by atoms with Crippen LogP contribution in [0.1, 0.15) is 22.8 Å². The molecule has 31 heavy (non-hydrogen) atoms. The third kappa shape index (κ3) is 4.77. The van der Waals surface area contributed by atoms with Gasteiger partial charge >= 0.3 is 0 Å². The molecule has 1 aliphatic rings. The van der Waals surface area contributed by atoms with Crippen LogP contribution in [0.25, 0.3) is 0 Å². The molecular formula is C24H26N4O3. The fraction of sp³-hybridized carbons (Fsp3) is 0.292. The van der Waals surface area contributed by atoms with Crippen molar-refractivity contribution in [1.82, 2.24) is 14.9 Å². The molecule has 160 valence electrons. The van der Waals surface area contributed by atoms with Crippen molar-refractivity contribution >= 4 is 11.7 Å². The smallest absolute Gasteiger partial charge is 0.254 e. The zero-order chi connectivity index (χ0) is 21.8. The van der Waals surface area contributed by atoms with Crippen LogP contribution in [0.4, 0.5) is 5.82 Å². The molecule has 2 heterocycles. The van der Waals surface area contributed by atoms with Gasteiger partial charge in [0.15, 0.2) is 0 Å². The van der Waals surface area contributed by atoms with Gasteiger partial charge in [0.1, 0.15) is 23.6 Å². The second-order valence-corrected chi connectivity index (χ2v) is 7.66. The number of piperazine rings is 1. The number of benzene rings is 2. The number of rotatable bonds is 5. The largest absolute Gasteiger partial charge is 0.497 e. The standard InChI is InChI=1S/C24H26N4O3/c1-17-7-9-19(10-8-17)24(29)28-12-11-27(15-18(28)2)22-14-23(26-16-25-22)31-21-6-4-5-20(13-21)30-3/h4-10,13-14,16,18H,11-12,15H2,1-3H3. The molecular weight excluding hydrogens is 392 g/mol. The van der Waals surface area contributed by atoms with Crippen molar-refractivity contribution in [3.05, 3.63) is 72.1 Å². The van der Waals surface area contributed by atoms with Gasteiger partial charge in [-0.1, -0.05) is 23.8 Å². The number of anilines is 1. The molecule has 1 unspecified atom stereocenters. The van der Waals surface area contributed by atoms with E-state index in [1.54, 1.807) is 13.2 Å². The van der Waals surface area contributed by atoms with E-state index in [9.17, 15) is 4.79 Å². The van der Waals surface area contributed by atoms with Crippen molar-refractivity contribution in [3.63, 3.8) is 0 Å². The van der Waals surface area contributed by atoms with Gasteiger partial charge in [0.2, 0.25) is 5.88 Å². The van der Waals surface area contributed by atoms with Gasteiger partial charge in [-0.2, -0.15) is 0 Å². The third-order valence-corrected chi connectivity index (χ3v) is 5.40. The fourth-order valence-corrected chi connectivity index (χ4v) is 3.67. The molecule has 4 rings (SSSR count). The first-order valence-corrected chi connectivity index (χ1v) is 10.3. The Morgan fingerprint density at radius 2 is 1.81 bits per heavy atom. The second-order valence-electron chi connectivity index (χ2n) is 7.66. The van der Waals surface area contributed by atoms with E-state index in [2.05, 4.69) is 21.8 Å². The van der Waals surface area contributed by atoms with Crippen LogP contribution in [-0.2, 0) is 0 Å². The molecule has 7 nitrogen and oxygen atoms in total. The molecule has 1 atom stereocenters. The first-order valence-electron chi connectivity index (χ1n) is 10.3. The van der Waals surface area contributed by atoms with E-state index >= 15 is 0 Å². The molecule has 2 aromatic carbocycles. The number of aryl methyl sites for hydroxylation is 1. The van der Waals surface area contributed by atoms with Crippen molar-refractivity contribution in [2.45, 2.75) is 19.9 Å². The van der Waals surface area contributed by atoms with E-state index in [-0.39, 0.29) is 11.9 Å². The Morgan fingerprint density at radius 3 is 2.55 bits per heavy atom. The van der Waals surface area contributed by atoms with E-state index in [0.29, 0.717) is 31.3 Å². The highest BCUT2D eigenvalue weighted by molar-refractivity contribution is 5.94. The number of carbonyl (C=O) groups excluding carboxylic acids is 1. The SMILES string of the molecule is COc1cccc(Oc2cc(N3CCN(C(=O)c4ccc(C)cc4)C(C)C3)ncn2)c1. The first kappa shape index (κ1) is 20.7. The molecule has 1 saturated heterocycles. The van der Waals surface area contributed by atoms with Crippen LogP contribution in [0.5, 0.6) is 17.4 Å². The summed E-state index contributed by atoms with van der Waals surface area (Å²) in [4.78, 5) is 25.7. The molecule has 0 N–H and O–H groups in total. The van der Waals surface area contributed by atoms with Gasteiger partial charge in [0.25, 0.3) is 5.91 Å². The highest BCUT2D eigenvalue weighted by Gasteiger charge is 2.29. The highest BCUT2D eigenvalue weighted by atomic mass is 16.5. The van der Waals surface area contributed by atoms with Crippen molar-refractivity contribution in [2.75, 3.05) is 31.6 Å². The van der Waals surface area contributed by atoms with Crippen LogP contribution >= 0.6 is 0 Å². The predicted octanol–water partition coefficient (Wildman–Crippen LogP) is 3.94. The van der Waals surface area contributed by atoms with Crippen LogP contribution in [-0.4, -0.2) is 53.6 Å². The Morgan fingerprint density at radius 1 is 1.03 bits per heavy atom. The van der Waals surface area contributed by atoms with Crippen molar-refractivity contribution < 1.29 is 14.3 Å². The lowest BCUT2D eigenvalue weighted by Gasteiger charge is -2.40. The Bertz CT molecular complexity index is 1050. The molecule has 7 heteroatoms. The minimum absolute atomic E-state index is 0.0558. The molecule has 3 aromatic rings. The van der Waals surface area contributed by atoms with E-state index in [1.807, 2.05) is 60.4 Å². The molecule has 0 bridgehead atoms. The summed E-state index contributed by atoms with van der Waals surface area (Å²) in [7, 11) is 1.62. The maximum Gasteiger partial charge on any atom is 0.254 e. The Labute approximate surface area is 182 Å². The summed E-state index contributed by atoms with van der Waals surface area (Å²) in [5, 5.41) is 0. The summed E-state index contributed by atoms with van der Waals surface area (Å²) in [6, 6.07) is 17.0. The molecule has 1 aliphatic heterocycles. The second kappa shape index (κ2) is 9.04. The molecule has 0 radical (unpaired) electrons. The normalized spacial score (nSPS) is 16.2. The van der Waals surface area contributed by atoms with Gasteiger partial charge in [-0.3, -0.25) is 4.79 Å². The van der Waals surface area contributed by atoms with Gasteiger partial charge < -0.3 is 19.3 Å². The zero-order valence-electron chi connectivity index (χ0n) is 18.0. The van der Waals surface area contributed by atoms with E-state index in [1.165, 1.54) is 6.33 Å². The molecule has 0 spiro atoms. The van der Waals surface area contributed by atoms with Gasteiger partial charge in [0.05, 0.1) is 7.11 Å². The Kier molecular flexibility index (Phi) is 6.02. The number of hydrogen-bond donors (Lipinski definition) is 0. The molecule has 1 fully saturated rings. The van der Waals surface area contributed by atoms with Crippen LogP contribution in [0.2, 0.25) is 0 Å². The fourth-order valence-electron chi connectivity index (χ4n) is 3.67. The molecule has 1 amide bonds. The zero-order valence-corrected chi connectivity index (χ0v) is 18.0. The number of carbonyl (C=O) groups is 1. The van der Waals surface area contributed by atoms with Gasteiger partial charge in [0, 0.05) is 43.4 Å². The lowest BCUT2D eigenvalue weighted by atomic mass is 10.1. The average Bonchev–Trinajstić information content (AvgIpc) is 2.79. The lowest BCUT2D eigenvalue weighted by molar-refractivity contribution is 0.0673. The summed E-state index contributed by atoms with van der Waals surface area (Å²) in [6.07, 6.45) is 1.50. The van der Waals surface area contributed by atoms with Crippen LogP contribution in [0, 0.1) is 6.92 Å². The van der Waals surface area contributed by atoms with Crippen molar-refractivity contribution in [2.24, 2.45) is 0 Å². The van der Waals surface area contributed by atoms with Crippen LogP contribution in [0.3, 0.4) is 0 Å². The number of aromatic nitrogens is 2. The highest BCUT2D eigenvalue weighted by Crippen LogP contribution is 2.26. The van der Waals surface area contributed by atoms with Gasteiger partial charge in [-0.05, 0) is 38.1 Å². The minimum atomic E-state index is 0.0558. The number of amides is 1. The quantitative estimate of drug-likeness (QED) is 0.625. The maximum atomic E-state index is 12.9. The van der Waals surface area contributed by atoms with E-state index in [0.717, 1.165) is 22.7 Å². The van der Waals surface area contributed by atoms with Crippen molar-refractivity contribution in [1.29, 1.82) is 0 Å². The number of methoxy groups -OCH3 is 1. The topological polar surface area (TPSA) is 67.8 Å². The lowest BCUT2D eigenvalue weighted by Crippen LogP contribution is -2.54. The van der Waals surface area contributed by atoms with E-state index < -0.39 is 0 Å². The van der Waals surface area contributed by atoms with Crippen molar-refractivity contribution in [3.8, 4) is 17.4 Å². The number of nitrogens with zero attached hydrogens (tertiary/aromatic N) is 4. The molecule has 0 saturated carbocycles. The maximum absolute atomic E-state index is 12.9. The summed E-state index contributed by atoms with van der Waals surface area (Å²) in [5.74, 6) is 2.67. The van der Waals surface area contributed by atoms with Crippen LogP contribution in [0.15, 0.2) is 60.9 Å². The average molecular weight is 418 g/mol. The van der Waals surface area contributed by atoms with Crippen LogP contribution < -0.4 is 14.4 Å². The predicted molar refractivity (Wildman–Crippen MR) is 119 cm³/mol. The Hall–Kier alpha value is -3.61. The summed E-state index contributed by atoms with van der Waals surface area (Å²) >= 11 is 0. The summed E-state index contributed by atoms with van der Waals surface area (Å²) in [6.45, 7) is 6.09. The number of hydrogen-bond acceptors (Lipinski definition) is 6. The summed E-state index contributed by atoms with van der Waals surface area (Å²) in [5.41, 5.74) is 1.87. The Balaban J connectivity index is 1.43. The molecule has 0 aliphatic carbocycles. The molecule has 1 aromatic heterocycles. The first-order chi connectivity index (χ1) is 15.0. The third-order valence-electron chi connectivity index (χ3n) is 5.40. The van der Waals surface area contributed by atoms with E-state index in [4.69, 9.17) is 9.47 Å². The van der Waals surface area contributed by atoms with Gasteiger partial charge in [-0.15, -0.1) is 0 Å². The van der Waals surface area contributed by atoms with Gasteiger partial charge in [-0.25, -0.2) is 9.97 Å².